The second-order valence-corrected chi connectivity index (χ2v) is 10.3. The van der Waals surface area contributed by atoms with Gasteiger partial charge < -0.3 is 9.30 Å². The van der Waals surface area contributed by atoms with Crippen LogP contribution in [0.5, 0.6) is 0 Å². The average molecular weight is 377 g/mol. The van der Waals surface area contributed by atoms with Crippen LogP contribution in [0.25, 0.3) is 0 Å². The van der Waals surface area contributed by atoms with Crippen LogP contribution in [0.1, 0.15) is 56.8 Å². The molecule has 0 amide bonds. The molecule has 0 spiro atoms. The van der Waals surface area contributed by atoms with E-state index in [1.54, 1.807) is 18.9 Å². The first-order chi connectivity index (χ1) is 12.4. The summed E-state index contributed by atoms with van der Waals surface area (Å²) in [4.78, 5) is 18.3. The molecule has 1 atom stereocenters. The summed E-state index contributed by atoms with van der Waals surface area (Å²) >= 11 is 1.66. The minimum atomic E-state index is -0.0197. The van der Waals surface area contributed by atoms with E-state index >= 15 is 0 Å². The van der Waals surface area contributed by atoms with Gasteiger partial charge in [-0.2, -0.15) is 0 Å². The molecule has 1 aromatic heterocycles. The lowest BCUT2D eigenvalue weighted by Gasteiger charge is -2.56. The number of methoxy groups -OCH3 is 1. The monoisotopic (exact) mass is 376 g/mol. The molecule has 4 aliphatic rings. The minimum absolute atomic E-state index is 0.0186. The van der Waals surface area contributed by atoms with Gasteiger partial charge in [-0.3, -0.25) is 4.79 Å². The van der Waals surface area contributed by atoms with Crippen molar-refractivity contribution in [3.05, 3.63) is 11.4 Å². The van der Waals surface area contributed by atoms with Gasteiger partial charge >= 0.3 is 0 Å². The quantitative estimate of drug-likeness (QED) is 0.661. The Bertz CT molecular complexity index is 661. The van der Waals surface area contributed by atoms with Crippen molar-refractivity contribution < 1.29 is 9.53 Å². The van der Waals surface area contributed by atoms with Gasteiger partial charge in [0.15, 0.2) is 10.9 Å². The van der Waals surface area contributed by atoms with Gasteiger partial charge in [0.25, 0.3) is 0 Å². The standard InChI is InChI=1S/C21H32N2O2S/c1-13-14(2)23(5-6-25-4)20(22-13)26-15(3)19(24)21-10-16-7-17(11-21)9-18(8-16)12-21/h15-18H,5-12H2,1-4H3/t15-,16?,17?,18?,21?/m0/s1. The molecule has 144 valence electrons. The van der Waals surface area contributed by atoms with Crippen molar-refractivity contribution in [1.29, 1.82) is 0 Å². The molecule has 1 heterocycles. The largest absolute Gasteiger partial charge is 0.383 e. The number of aromatic nitrogens is 2. The van der Waals surface area contributed by atoms with Crippen molar-refractivity contribution in [2.75, 3.05) is 13.7 Å². The van der Waals surface area contributed by atoms with Gasteiger partial charge in [-0.15, -0.1) is 0 Å². The number of hydrogen-bond donors (Lipinski definition) is 0. The highest BCUT2D eigenvalue weighted by Gasteiger charge is 2.55. The molecule has 26 heavy (non-hydrogen) atoms. The Morgan fingerprint density at radius 3 is 2.35 bits per heavy atom. The summed E-state index contributed by atoms with van der Waals surface area (Å²) in [7, 11) is 1.73. The fourth-order valence-electron chi connectivity index (χ4n) is 6.21. The van der Waals surface area contributed by atoms with Crippen molar-refractivity contribution in [3.8, 4) is 0 Å². The maximum Gasteiger partial charge on any atom is 0.169 e. The number of carbonyl (C=O) groups is 1. The number of rotatable bonds is 7. The summed E-state index contributed by atoms with van der Waals surface area (Å²) in [5.74, 6) is 2.94. The van der Waals surface area contributed by atoms with Crippen molar-refractivity contribution in [1.82, 2.24) is 9.55 Å². The molecular weight excluding hydrogens is 344 g/mol. The maximum atomic E-state index is 13.5. The first-order valence-corrected chi connectivity index (χ1v) is 11.0. The van der Waals surface area contributed by atoms with Gasteiger partial charge in [-0.05, 0) is 77.0 Å². The van der Waals surface area contributed by atoms with E-state index in [4.69, 9.17) is 9.72 Å². The van der Waals surface area contributed by atoms with E-state index in [1.807, 2.05) is 6.92 Å². The molecule has 4 saturated carbocycles. The molecule has 0 saturated heterocycles. The van der Waals surface area contributed by atoms with Crippen LogP contribution >= 0.6 is 11.8 Å². The third-order valence-electron chi connectivity index (χ3n) is 7.15. The molecule has 0 unspecified atom stereocenters. The van der Waals surface area contributed by atoms with Gasteiger partial charge in [-0.25, -0.2) is 4.98 Å². The predicted octanol–water partition coefficient (Wildman–Crippen LogP) is 4.41. The zero-order valence-electron chi connectivity index (χ0n) is 16.6. The maximum absolute atomic E-state index is 13.5. The number of Topliss-reactive ketones (excluding diaryl/α,β-unsaturated/α-hetero) is 1. The summed E-state index contributed by atoms with van der Waals surface area (Å²) < 4.78 is 7.47. The van der Waals surface area contributed by atoms with Crippen LogP contribution in [0.2, 0.25) is 0 Å². The highest BCUT2D eigenvalue weighted by atomic mass is 32.2. The number of nitrogens with zero attached hydrogens (tertiary/aromatic N) is 2. The number of ether oxygens (including phenoxy) is 1. The lowest BCUT2D eigenvalue weighted by molar-refractivity contribution is -0.142. The highest BCUT2D eigenvalue weighted by Crippen LogP contribution is 2.61. The number of ketones is 1. The molecule has 4 bridgehead atoms. The summed E-state index contributed by atoms with van der Waals surface area (Å²) in [5, 5.41) is 0.955. The molecule has 0 radical (unpaired) electrons. The van der Waals surface area contributed by atoms with E-state index in [-0.39, 0.29) is 10.7 Å². The molecule has 4 fully saturated rings. The van der Waals surface area contributed by atoms with Crippen molar-refractivity contribution in [3.63, 3.8) is 0 Å². The van der Waals surface area contributed by atoms with Gasteiger partial charge in [-0.1, -0.05) is 11.8 Å². The van der Waals surface area contributed by atoms with E-state index < -0.39 is 0 Å². The van der Waals surface area contributed by atoms with E-state index in [0.717, 1.165) is 54.4 Å². The zero-order chi connectivity index (χ0) is 18.5. The number of hydrogen-bond acceptors (Lipinski definition) is 4. The Labute approximate surface area is 161 Å². The Kier molecular flexibility index (Phi) is 4.98. The number of aryl methyl sites for hydroxylation is 1. The zero-order valence-corrected chi connectivity index (χ0v) is 17.4. The Hall–Kier alpha value is -0.810. The van der Waals surface area contributed by atoms with Crippen LogP contribution < -0.4 is 0 Å². The summed E-state index contributed by atoms with van der Waals surface area (Å²) in [6.07, 6.45) is 7.60. The second-order valence-electron chi connectivity index (χ2n) is 9.03. The molecule has 5 rings (SSSR count). The Morgan fingerprint density at radius 1 is 1.23 bits per heavy atom. The van der Waals surface area contributed by atoms with Crippen molar-refractivity contribution in [2.45, 2.75) is 76.2 Å². The molecule has 4 aliphatic carbocycles. The van der Waals surface area contributed by atoms with Crippen LogP contribution in [0.3, 0.4) is 0 Å². The Balaban J connectivity index is 1.51. The topological polar surface area (TPSA) is 44.1 Å². The summed E-state index contributed by atoms with van der Waals surface area (Å²) in [6, 6.07) is 0. The molecule has 0 aliphatic heterocycles. The third-order valence-corrected chi connectivity index (χ3v) is 8.24. The van der Waals surface area contributed by atoms with Gasteiger partial charge in [0, 0.05) is 24.8 Å². The fraction of sp³-hybridized carbons (Fsp3) is 0.810. The average Bonchev–Trinajstić information content (AvgIpc) is 2.84. The molecule has 0 aromatic carbocycles. The highest BCUT2D eigenvalue weighted by molar-refractivity contribution is 8.00. The van der Waals surface area contributed by atoms with Crippen LogP contribution in [0, 0.1) is 37.0 Å². The van der Waals surface area contributed by atoms with E-state index in [0.29, 0.717) is 12.4 Å². The van der Waals surface area contributed by atoms with Gasteiger partial charge in [0.1, 0.15) is 0 Å². The SMILES string of the molecule is COCCn1c(S[C@@H](C)C(=O)C23CC4CC(CC(C4)C2)C3)nc(C)c1C. The number of carbonyl (C=O) groups excluding carboxylic acids is 1. The van der Waals surface area contributed by atoms with Crippen LogP contribution in [0.15, 0.2) is 5.16 Å². The van der Waals surface area contributed by atoms with Gasteiger partial charge in [0.2, 0.25) is 0 Å². The summed E-state index contributed by atoms with van der Waals surface area (Å²) in [5.41, 5.74) is 2.21. The smallest absolute Gasteiger partial charge is 0.169 e. The molecule has 1 aromatic rings. The minimum Gasteiger partial charge on any atom is -0.383 e. The van der Waals surface area contributed by atoms with Gasteiger partial charge in [0.05, 0.1) is 17.6 Å². The van der Waals surface area contributed by atoms with Crippen LogP contribution in [0.4, 0.5) is 0 Å². The number of thioether (sulfide) groups is 1. The first kappa shape index (κ1) is 18.5. The van der Waals surface area contributed by atoms with Crippen LogP contribution in [-0.2, 0) is 16.1 Å². The third kappa shape index (κ3) is 3.15. The number of imidazole rings is 1. The molecule has 5 heteroatoms. The van der Waals surface area contributed by atoms with E-state index in [2.05, 4.69) is 18.4 Å². The van der Waals surface area contributed by atoms with Crippen molar-refractivity contribution in [2.24, 2.45) is 23.2 Å². The molecule has 0 N–H and O–H groups in total. The lowest BCUT2D eigenvalue weighted by atomic mass is 9.48. The van der Waals surface area contributed by atoms with Crippen molar-refractivity contribution >= 4 is 17.5 Å². The second kappa shape index (κ2) is 6.97. The van der Waals surface area contributed by atoms with E-state index in [9.17, 15) is 4.79 Å². The first-order valence-electron chi connectivity index (χ1n) is 10.2. The van der Waals surface area contributed by atoms with E-state index in [1.165, 1.54) is 25.0 Å². The van der Waals surface area contributed by atoms with Crippen LogP contribution in [-0.4, -0.2) is 34.3 Å². The lowest BCUT2D eigenvalue weighted by Crippen LogP contribution is -2.51. The fourth-order valence-corrected chi connectivity index (χ4v) is 7.43. The summed E-state index contributed by atoms with van der Waals surface area (Å²) in [6.45, 7) is 7.72. The normalized spacial score (nSPS) is 33.6. The Morgan fingerprint density at radius 2 is 1.81 bits per heavy atom. The molecular formula is C21H32N2O2S. The predicted molar refractivity (Wildman–Crippen MR) is 105 cm³/mol. The molecule has 4 nitrogen and oxygen atoms in total.